The van der Waals surface area contributed by atoms with E-state index in [2.05, 4.69) is 62.5 Å². The average Bonchev–Trinajstić information content (AvgIpc) is 3.46. The summed E-state index contributed by atoms with van der Waals surface area (Å²) in [6, 6.07) is 0. The summed E-state index contributed by atoms with van der Waals surface area (Å²) in [6.45, 7) is 3.71. The molecule has 9 nitrogen and oxygen atoms in total. The number of unbranched alkanes of at least 4 members (excludes halogenated alkanes) is 46. The van der Waals surface area contributed by atoms with Crippen molar-refractivity contribution in [3.05, 3.63) is 48.6 Å². The van der Waals surface area contributed by atoms with E-state index in [9.17, 15) is 19.0 Å². The standard InChI is InChI=1S/C71H134NO8P/c1-3-5-7-9-11-13-15-17-19-21-23-25-27-29-30-31-32-33-34-35-36-37-38-40-42-44-46-48-50-52-54-56-58-60-62-64-71(74)80-69(68-79-81(75,76)78-66-65-72)67-77-70(73)63-61-59-57-55-53-51-49-47-45-43-41-39-28-26-24-22-20-18-16-14-12-10-8-6-4-2/h5,7,11,13,17,19,23,25,69H,3-4,6,8-10,12,14-16,18,20-22,24,26-68,72H2,1-2H3,(H,75,76)/b7-5-,13-11-,19-17-,25-23-. The molecule has 81 heavy (non-hydrogen) atoms. The fraction of sp³-hybridized carbons (Fsp3) is 0.859. The molecular weight excluding hydrogens is 1030 g/mol. The van der Waals surface area contributed by atoms with E-state index < -0.39 is 26.5 Å². The Morgan fingerprint density at radius 2 is 0.679 bits per heavy atom. The lowest BCUT2D eigenvalue weighted by atomic mass is 10.0. The van der Waals surface area contributed by atoms with Gasteiger partial charge in [-0.3, -0.25) is 18.6 Å². The van der Waals surface area contributed by atoms with Gasteiger partial charge in [0.2, 0.25) is 0 Å². The van der Waals surface area contributed by atoms with Crippen LogP contribution in [0, 0.1) is 0 Å². The topological polar surface area (TPSA) is 134 Å². The number of phosphoric ester groups is 1. The highest BCUT2D eigenvalue weighted by Gasteiger charge is 2.26. The molecule has 0 bridgehead atoms. The van der Waals surface area contributed by atoms with Crippen molar-refractivity contribution in [1.29, 1.82) is 0 Å². The van der Waals surface area contributed by atoms with E-state index >= 15 is 0 Å². The first-order valence-corrected chi connectivity index (χ1v) is 36.6. The van der Waals surface area contributed by atoms with Gasteiger partial charge in [0.15, 0.2) is 6.10 Å². The maximum Gasteiger partial charge on any atom is 0.472 e. The van der Waals surface area contributed by atoms with Gasteiger partial charge in [-0.1, -0.05) is 345 Å². The van der Waals surface area contributed by atoms with Crippen molar-refractivity contribution < 1.29 is 37.6 Å². The summed E-state index contributed by atoms with van der Waals surface area (Å²) in [5, 5.41) is 0. The molecule has 0 amide bonds. The minimum absolute atomic E-state index is 0.0562. The molecule has 2 atom stereocenters. The lowest BCUT2D eigenvalue weighted by molar-refractivity contribution is -0.161. The number of nitrogens with two attached hydrogens (primary N) is 1. The molecule has 0 saturated carbocycles. The molecule has 0 saturated heterocycles. The molecule has 2 unspecified atom stereocenters. The minimum Gasteiger partial charge on any atom is -0.462 e. The Balaban J connectivity index is 3.80. The molecule has 10 heteroatoms. The first-order chi connectivity index (χ1) is 39.8. The molecule has 0 heterocycles. The normalized spacial score (nSPS) is 13.2. The van der Waals surface area contributed by atoms with Crippen molar-refractivity contribution >= 4 is 19.8 Å². The van der Waals surface area contributed by atoms with Gasteiger partial charge in [-0.2, -0.15) is 0 Å². The second-order valence-electron chi connectivity index (χ2n) is 23.7. The van der Waals surface area contributed by atoms with Gasteiger partial charge in [-0.05, 0) is 51.4 Å². The van der Waals surface area contributed by atoms with Gasteiger partial charge in [0.05, 0.1) is 13.2 Å². The van der Waals surface area contributed by atoms with Gasteiger partial charge in [-0.15, -0.1) is 0 Å². The SMILES string of the molecule is CC/C=C\C/C=C\C/C=C\C/C=C\CCCCCCCCCCCCCCCCCCCCCCCCC(=O)OC(COC(=O)CCCCCCCCCCCCCCCCCCCCCCCCCCC)COP(=O)(O)OCCN. The Bertz CT molecular complexity index is 1470. The number of ether oxygens (including phenoxy) is 2. The summed E-state index contributed by atoms with van der Waals surface area (Å²) in [7, 11) is -4.39. The smallest absolute Gasteiger partial charge is 0.462 e. The van der Waals surface area contributed by atoms with Crippen LogP contribution >= 0.6 is 7.82 Å². The predicted molar refractivity (Wildman–Crippen MR) is 349 cm³/mol. The quantitative estimate of drug-likeness (QED) is 0.0264. The summed E-state index contributed by atoms with van der Waals surface area (Å²) < 4.78 is 33.2. The van der Waals surface area contributed by atoms with E-state index in [0.29, 0.717) is 6.42 Å². The van der Waals surface area contributed by atoms with E-state index in [1.54, 1.807) is 0 Å². The Kier molecular flexibility index (Phi) is 65.4. The fourth-order valence-corrected chi connectivity index (χ4v) is 11.3. The van der Waals surface area contributed by atoms with Crippen LogP contribution in [0.25, 0.3) is 0 Å². The number of esters is 2. The van der Waals surface area contributed by atoms with Gasteiger partial charge in [0.1, 0.15) is 6.61 Å². The predicted octanol–water partition coefficient (Wildman–Crippen LogP) is 22.9. The molecule has 0 fully saturated rings. The van der Waals surface area contributed by atoms with Crippen LogP contribution in [0.4, 0.5) is 0 Å². The van der Waals surface area contributed by atoms with Gasteiger partial charge in [-0.25, -0.2) is 4.57 Å². The lowest BCUT2D eigenvalue weighted by Crippen LogP contribution is -2.29. The van der Waals surface area contributed by atoms with Gasteiger partial charge < -0.3 is 20.1 Å². The molecule has 0 aliphatic heterocycles. The first kappa shape index (κ1) is 79.0. The van der Waals surface area contributed by atoms with Crippen LogP contribution in [0.1, 0.15) is 361 Å². The zero-order valence-corrected chi connectivity index (χ0v) is 54.4. The molecule has 0 spiro atoms. The largest absolute Gasteiger partial charge is 0.472 e. The van der Waals surface area contributed by atoms with Crippen LogP contribution in [-0.2, 0) is 32.7 Å². The van der Waals surface area contributed by atoms with Crippen LogP contribution in [-0.4, -0.2) is 49.3 Å². The van der Waals surface area contributed by atoms with Crippen LogP contribution in [0.5, 0.6) is 0 Å². The molecular formula is C71H134NO8P. The molecule has 0 radical (unpaired) electrons. The van der Waals surface area contributed by atoms with Crippen molar-refractivity contribution in [2.24, 2.45) is 5.73 Å². The zero-order chi connectivity index (χ0) is 58.7. The molecule has 0 aliphatic carbocycles. The molecule has 0 aromatic rings. The highest BCUT2D eigenvalue weighted by molar-refractivity contribution is 7.47. The summed E-state index contributed by atoms with van der Waals surface area (Å²) in [5.74, 6) is -0.804. The number of rotatable bonds is 67. The number of carbonyl (C=O) groups excluding carboxylic acids is 2. The molecule has 0 aliphatic rings. The molecule has 0 rings (SSSR count). The van der Waals surface area contributed by atoms with E-state index in [-0.39, 0.29) is 38.6 Å². The van der Waals surface area contributed by atoms with Gasteiger partial charge in [0.25, 0.3) is 0 Å². The van der Waals surface area contributed by atoms with Crippen molar-refractivity contribution in [2.45, 2.75) is 367 Å². The van der Waals surface area contributed by atoms with Gasteiger partial charge in [0, 0.05) is 19.4 Å². The van der Waals surface area contributed by atoms with Crippen molar-refractivity contribution in [3.63, 3.8) is 0 Å². The maximum absolute atomic E-state index is 12.8. The lowest BCUT2D eigenvalue weighted by Gasteiger charge is -2.19. The number of carbonyl (C=O) groups is 2. The van der Waals surface area contributed by atoms with E-state index in [0.717, 1.165) is 57.8 Å². The number of hydrogen-bond donors (Lipinski definition) is 2. The Morgan fingerprint density at radius 3 is 1.01 bits per heavy atom. The van der Waals surface area contributed by atoms with Crippen molar-refractivity contribution in [1.82, 2.24) is 0 Å². The molecule has 3 N–H and O–H groups in total. The summed E-state index contributed by atoms with van der Waals surface area (Å²) in [4.78, 5) is 35.3. The molecule has 0 aromatic carbocycles. The minimum atomic E-state index is -4.39. The third-order valence-corrected chi connectivity index (χ3v) is 16.7. The molecule has 0 aromatic heterocycles. The fourth-order valence-electron chi connectivity index (χ4n) is 10.6. The maximum atomic E-state index is 12.8. The summed E-state index contributed by atoms with van der Waals surface area (Å²) in [5.41, 5.74) is 5.40. The summed E-state index contributed by atoms with van der Waals surface area (Å²) >= 11 is 0. The first-order valence-electron chi connectivity index (χ1n) is 35.1. The molecule has 476 valence electrons. The highest BCUT2D eigenvalue weighted by Crippen LogP contribution is 2.43. The number of phosphoric acid groups is 1. The van der Waals surface area contributed by atoms with Crippen molar-refractivity contribution in [2.75, 3.05) is 26.4 Å². The van der Waals surface area contributed by atoms with Crippen LogP contribution in [0.2, 0.25) is 0 Å². The highest BCUT2D eigenvalue weighted by atomic mass is 31.2. The van der Waals surface area contributed by atoms with E-state index in [1.165, 1.54) is 270 Å². The zero-order valence-electron chi connectivity index (χ0n) is 53.5. The van der Waals surface area contributed by atoms with Gasteiger partial charge >= 0.3 is 19.8 Å². The Labute approximate surface area is 502 Å². The third-order valence-electron chi connectivity index (χ3n) is 15.7. The Morgan fingerprint density at radius 1 is 0.383 bits per heavy atom. The average molecular weight is 1160 g/mol. The van der Waals surface area contributed by atoms with Crippen LogP contribution in [0.3, 0.4) is 0 Å². The number of hydrogen-bond acceptors (Lipinski definition) is 8. The third kappa shape index (κ3) is 67.0. The van der Waals surface area contributed by atoms with E-state index in [1.807, 2.05) is 0 Å². The van der Waals surface area contributed by atoms with Crippen molar-refractivity contribution in [3.8, 4) is 0 Å². The second-order valence-corrected chi connectivity index (χ2v) is 25.2. The Hall–Kier alpha value is -2.03. The van der Waals surface area contributed by atoms with E-state index in [4.69, 9.17) is 24.3 Å². The van der Waals surface area contributed by atoms with Crippen LogP contribution < -0.4 is 5.73 Å². The monoisotopic (exact) mass is 1160 g/mol. The second kappa shape index (κ2) is 67.1. The van der Waals surface area contributed by atoms with Crippen LogP contribution in [0.15, 0.2) is 48.6 Å². The summed E-state index contributed by atoms with van der Waals surface area (Å²) in [6.07, 6.45) is 85.0. The number of allylic oxidation sites excluding steroid dienone is 8.